The average Bonchev–Trinajstić information content (AvgIpc) is 3.93. The minimum Gasteiger partial charge on any atom is -0.379 e. The van der Waals surface area contributed by atoms with Gasteiger partial charge in [0.25, 0.3) is 5.69 Å². The number of nitro benzene ring substituents is 1. The Morgan fingerprint density at radius 3 is 2.12 bits per heavy atom. The van der Waals surface area contributed by atoms with Gasteiger partial charge in [-0.25, -0.2) is 12.8 Å². The van der Waals surface area contributed by atoms with Crippen molar-refractivity contribution >= 4 is 68.8 Å². The van der Waals surface area contributed by atoms with Crippen molar-refractivity contribution in [2.75, 3.05) is 98.7 Å². The molecular weight excluding hydrogens is 994 g/mol. The third-order valence-corrected chi connectivity index (χ3v) is 19.2. The smallest absolute Gasteiger partial charge is 0.326 e. The summed E-state index contributed by atoms with van der Waals surface area (Å²) in [4.78, 5) is 20.4. The maximum absolute atomic E-state index is 15.8. The maximum Gasteiger partial charge on any atom is 0.326 e. The molecule has 0 N–H and O–H groups in total. The Hall–Kier alpha value is -5.19. The van der Waals surface area contributed by atoms with E-state index in [1.54, 1.807) is 47.6 Å². The van der Waals surface area contributed by atoms with Gasteiger partial charge in [-0.05, 0) is 130 Å². The number of hydrogen-bond acceptors (Lipinski definition) is 11. The number of rotatable bonds is 17. The molecule has 3 fully saturated rings. The zero-order valence-corrected chi connectivity index (χ0v) is 44.4. The minimum atomic E-state index is -3.75. The number of hydrogen-bond donors (Lipinski definition) is 0. The molecule has 0 aliphatic carbocycles. The highest BCUT2D eigenvalue weighted by atomic mass is 35.5. The number of sulfone groups is 1. The van der Waals surface area contributed by atoms with Crippen molar-refractivity contribution in [3.05, 3.63) is 147 Å². The highest BCUT2D eigenvalue weighted by Crippen LogP contribution is 2.56. The summed E-state index contributed by atoms with van der Waals surface area (Å²) in [6.45, 7) is 12.8. The first-order chi connectivity index (χ1) is 34.6. The SMILES string of the molecule is Cc1c(S(C)(=O)=O)c(-c2cc(F)cc(N3CCN(c4ccc(N5CCO[P@]5(=O)c5ccc(C[C@H](CCN6CCOCC6)CSc6ccccc6)c([N+](=O)[O-])c5)cc4)CC3)c2)c(-c2ccc(Cl)cc2)n1C(C)C. The van der Waals surface area contributed by atoms with E-state index >= 15 is 4.39 Å². The monoisotopic (exact) mass is 1050 g/mol. The number of ether oxygens (including phenoxy) is 1. The zero-order chi connectivity index (χ0) is 50.7. The van der Waals surface area contributed by atoms with Gasteiger partial charge >= 0.3 is 7.52 Å². The van der Waals surface area contributed by atoms with E-state index in [2.05, 4.69) is 26.8 Å². The molecule has 18 heteroatoms. The van der Waals surface area contributed by atoms with Crippen molar-refractivity contribution in [1.82, 2.24) is 9.47 Å². The molecule has 0 radical (unpaired) electrons. The lowest BCUT2D eigenvalue weighted by atomic mass is 9.96. The number of piperazine rings is 1. The first-order valence-corrected chi connectivity index (χ1v) is 29.3. The first-order valence-electron chi connectivity index (χ1n) is 24.5. The summed E-state index contributed by atoms with van der Waals surface area (Å²) in [5.74, 6) is 0.501. The molecule has 0 saturated carbocycles. The number of aromatic nitrogens is 1. The van der Waals surface area contributed by atoms with Crippen molar-refractivity contribution in [2.24, 2.45) is 5.92 Å². The molecule has 0 spiro atoms. The van der Waals surface area contributed by atoms with Gasteiger partial charge in [0.05, 0.1) is 47.2 Å². The van der Waals surface area contributed by atoms with Gasteiger partial charge in [-0.1, -0.05) is 48.0 Å². The first kappa shape index (κ1) is 51.7. The fourth-order valence-electron chi connectivity index (χ4n) is 10.4. The Bertz CT molecular complexity index is 3060. The van der Waals surface area contributed by atoms with Gasteiger partial charge in [0.1, 0.15) is 5.82 Å². The van der Waals surface area contributed by atoms with Gasteiger partial charge in [0.15, 0.2) is 9.84 Å². The van der Waals surface area contributed by atoms with Crippen LogP contribution in [-0.2, 0) is 30.1 Å². The third-order valence-electron chi connectivity index (χ3n) is 13.9. The molecule has 9 rings (SSSR count). The van der Waals surface area contributed by atoms with Crippen LogP contribution in [0.1, 0.15) is 37.6 Å². The van der Waals surface area contributed by atoms with Crippen LogP contribution in [0.4, 0.5) is 27.1 Å². The number of anilines is 3. The molecule has 3 saturated heterocycles. The molecule has 0 bridgehead atoms. The lowest BCUT2D eigenvalue weighted by Crippen LogP contribution is -2.46. The summed E-state index contributed by atoms with van der Waals surface area (Å²) in [5, 5.41) is 13.6. The molecule has 0 amide bonds. The summed E-state index contributed by atoms with van der Waals surface area (Å²) in [5.41, 5.74) is 5.83. The highest BCUT2D eigenvalue weighted by Gasteiger charge is 2.41. The van der Waals surface area contributed by atoms with Crippen molar-refractivity contribution < 1.29 is 31.6 Å². The lowest BCUT2D eigenvalue weighted by Gasteiger charge is -2.37. The van der Waals surface area contributed by atoms with Crippen LogP contribution in [0.15, 0.2) is 125 Å². The number of halogens is 2. The Morgan fingerprint density at radius 2 is 1.47 bits per heavy atom. The lowest BCUT2D eigenvalue weighted by molar-refractivity contribution is -0.385. The summed E-state index contributed by atoms with van der Waals surface area (Å²) in [6.07, 6.45) is 2.59. The Labute approximate surface area is 431 Å². The summed E-state index contributed by atoms with van der Waals surface area (Å²) < 4.78 is 73.1. The molecule has 2 atom stereocenters. The second kappa shape index (κ2) is 22.1. The summed E-state index contributed by atoms with van der Waals surface area (Å²) in [7, 11) is -7.46. The van der Waals surface area contributed by atoms with Crippen LogP contribution in [0.5, 0.6) is 0 Å². The Morgan fingerprint density at radius 1 is 0.806 bits per heavy atom. The molecule has 380 valence electrons. The van der Waals surface area contributed by atoms with E-state index < -0.39 is 23.2 Å². The van der Waals surface area contributed by atoms with Crippen LogP contribution in [-0.4, -0.2) is 107 Å². The predicted molar refractivity (Wildman–Crippen MR) is 289 cm³/mol. The number of nitrogens with zero attached hydrogens (tertiary/aromatic N) is 6. The molecule has 4 heterocycles. The van der Waals surface area contributed by atoms with Crippen molar-refractivity contribution in [3.8, 4) is 22.4 Å². The van der Waals surface area contributed by atoms with Crippen LogP contribution in [0.25, 0.3) is 22.4 Å². The van der Waals surface area contributed by atoms with Crippen molar-refractivity contribution in [1.29, 1.82) is 0 Å². The van der Waals surface area contributed by atoms with Crippen LogP contribution in [0, 0.1) is 28.8 Å². The van der Waals surface area contributed by atoms with E-state index in [1.165, 1.54) is 24.5 Å². The standard InChI is InChI=1S/C54H61ClFN6O7PS2/c1-38(2)61-39(3)54(72(4,66)67)52(53(61)41-10-13-44(55)14-11-41)43-33-45(56)35-48(34-43)59-24-22-58(23-25-59)46-15-17-47(18-16-46)60-28-31-69-70(60,65)49-19-12-42(51(36-49)62(63)64)32-40(20-21-57-26-29-68-30-27-57)37-71-50-8-6-5-7-9-50/h5-19,33-36,38,40H,20-32,37H2,1-4H3/t40-,70+/m0/s1. The quantitative estimate of drug-likeness (QED) is 0.0373. The Balaban J connectivity index is 0.904. The number of benzene rings is 5. The van der Waals surface area contributed by atoms with Gasteiger partial charge in [0, 0.05) is 107 Å². The van der Waals surface area contributed by atoms with Gasteiger partial charge < -0.3 is 23.6 Å². The largest absolute Gasteiger partial charge is 0.379 e. The zero-order valence-electron chi connectivity index (χ0n) is 41.1. The number of morpholine rings is 1. The van der Waals surface area contributed by atoms with Gasteiger partial charge in [0.2, 0.25) is 0 Å². The van der Waals surface area contributed by atoms with Gasteiger partial charge in [-0.2, -0.15) is 0 Å². The van der Waals surface area contributed by atoms with Crippen LogP contribution in [0.3, 0.4) is 0 Å². The van der Waals surface area contributed by atoms with E-state index in [4.69, 9.17) is 20.9 Å². The molecule has 3 aliphatic rings. The van der Waals surface area contributed by atoms with Gasteiger partial charge in [-0.15, -0.1) is 11.8 Å². The molecule has 1 aromatic heterocycles. The van der Waals surface area contributed by atoms with E-state index in [9.17, 15) is 23.1 Å². The third kappa shape index (κ3) is 11.3. The van der Waals surface area contributed by atoms with Crippen LogP contribution in [0.2, 0.25) is 5.02 Å². The number of nitro groups is 1. The molecule has 5 aromatic carbocycles. The topological polar surface area (TPSA) is 131 Å². The molecule has 13 nitrogen and oxygen atoms in total. The molecule has 72 heavy (non-hydrogen) atoms. The summed E-state index contributed by atoms with van der Waals surface area (Å²) >= 11 is 8.04. The average molecular weight is 1060 g/mol. The fraction of sp³-hybridized carbons (Fsp3) is 0.370. The van der Waals surface area contributed by atoms with E-state index in [-0.39, 0.29) is 34.1 Å². The highest BCUT2D eigenvalue weighted by molar-refractivity contribution is 7.99. The van der Waals surface area contributed by atoms with Crippen molar-refractivity contribution in [3.63, 3.8) is 0 Å². The van der Waals surface area contributed by atoms with E-state index in [0.717, 1.165) is 48.0 Å². The number of thioether (sulfide) groups is 1. The van der Waals surface area contributed by atoms with E-state index in [1.807, 2.05) is 79.1 Å². The Kier molecular flexibility index (Phi) is 15.9. The fourth-order valence-corrected chi connectivity index (χ4v) is 15.0. The van der Waals surface area contributed by atoms with E-state index in [0.29, 0.717) is 102 Å². The second-order valence-corrected chi connectivity index (χ2v) is 24.8. The molecular formula is C54H61ClFN6O7PS2. The van der Waals surface area contributed by atoms with Gasteiger partial charge in [-0.3, -0.25) is 24.2 Å². The maximum atomic E-state index is 15.8. The normalized spacial score (nSPS) is 18.3. The van der Waals surface area contributed by atoms with Crippen LogP contribution < -0.4 is 19.8 Å². The summed E-state index contributed by atoms with van der Waals surface area (Å²) in [6, 6.07) is 34.9. The molecule has 6 aromatic rings. The van der Waals surface area contributed by atoms with Crippen LogP contribution >= 0.6 is 30.9 Å². The minimum absolute atomic E-state index is 0.0510. The van der Waals surface area contributed by atoms with Crippen molar-refractivity contribution in [2.45, 2.75) is 49.4 Å². The molecule has 3 aliphatic heterocycles. The second-order valence-electron chi connectivity index (χ2n) is 19.1. The predicted octanol–water partition coefficient (Wildman–Crippen LogP) is 11.2. The molecule has 0 unspecified atom stereocenters.